The molecule has 2 aromatic rings. The maximum atomic E-state index is 12.3. The number of rotatable bonds is 2. The van der Waals surface area contributed by atoms with Gasteiger partial charge < -0.3 is 10.2 Å². The first-order valence-corrected chi connectivity index (χ1v) is 7.73. The summed E-state index contributed by atoms with van der Waals surface area (Å²) in [6.07, 6.45) is 1.71. The van der Waals surface area contributed by atoms with Crippen molar-refractivity contribution in [1.29, 1.82) is 0 Å². The van der Waals surface area contributed by atoms with Crippen LogP contribution in [0, 0.1) is 0 Å². The van der Waals surface area contributed by atoms with Crippen molar-refractivity contribution in [3.63, 3.8) is 0 Å². The first-order chi connectivity index (χ1) is 9.65. The number of fused-ring (bicyclic) bond motifs is 1. The molecule has 1 aliphatic heterocycles. The molecule has 2 heterocycles. The summed E-state index contributed by atoms with van der Waals surface area (Å²) < 4.78 is 1.02. The second-order valence-corrected chi connectivity index (χ2v) is 6.38. The lowest BCUT2D eigenvalue weighted by Gasteiger charge is -2.33. The van der Waals surface area contributed by atoms with E-state index in [2.05, 4.69) is 26.2 Å². The predicted octanol–water partition coefficient (Wildman–Crippen LogP) is 3.42. The summed E-state index contributed by atoms with van der Waals surface area (Å²) in [6.45, 7) is 0. The van der Waals surface area contributed by atoms with Gasteiger partial charge in [-0.1, -0.05) is 27.7 Å². The zero-order chi connectivity index (χ0) is 14.1. The van der Waals surface area contributed by atoms with Crippen LogP contribution in [0.3, 0.4) is 0 Å². The lowest BCUT2D eigenvalue weighted by molar-refractivity contribution is 0.0780. The number of pyridine rings is 1. The van der Waals surface area contributed by atoms with Gasteiger partial charge in [0.1, 0.15) is 5.03 Å². The standard InChI is InChI=1S/C14H12BrN3OS/c1-18-13(19)11-3-2-8-16-12(11)20-14(18)17-10-6-4-9(15)5-7-10/h2-8,14,17H,1H3. The van der Waals surface area contributed by atoms with Gasteiger partial charge in [0.15, 0.2) is 5.50 Å². The molecule has 4 nitrogen and oxygen atoms in total. The lowest BCUT2D eigenvalue weighted by Crippen LogP contribution is -2.43. The molecule has 102 valence electrons. The van der Waals surface area contributed by atoms with Crippen LogP contribution >= 0.6 is 27.7 Å². The van der Waals surface area contributed by atoms with Gasteiger partial charge in [0.2, 0.25) is 0 Å². The van der Waals surface area contributed by atoms with Crippen LogP contribution in [0.4, 0.5) is 5.69 Å². The Kier molecular flexibility index (Phi) is 3.67. The van der Waals surface area contributed by atoms with E-state index < -0.39 is 0 Å². The summed E-state index contributed by atoms with van der Waals surface area (Å²) >= 11 is 4.94. The smallest absolute Gasteiger partial charge is 0.258 e. The molecule has 0 radical (unpaired) electrons. The molecule has 1 aromatic heterocycles. The molecule has 3 rings (SSSR count). The van der Waals surface area contributed by atoms with E-state index in [9.17, 15) is 4.79 Å². The van der Waals surface area contributed by atoms with Crippen molar-refractivity contribution >= 4 is 39.3 Å². The van der Waals surface area contributed by atoms with Gasteiger partial charge in [0, 0.05) is 23.4 Å². The van der Waals surface area contributed by atoms with Gasteiger partial charge in [-0.2, -0.15) is 0 Å². The van der Waals surface area contributed by atoms with E-state index in [0.717, 1.165) is 15.2 Å². The number of amides is 1. The highest BCUT2D eigenvalue weighted by Crippen LogP contribution is 2.33. The number of carbonyl (C=O) groups excluding carboxylic acids is 1. The van der Waals surface area contributed by atoms with Crippen LogP contribution in [0.1, 0.15) is 10.4 Å². The minimum atomic E-state index is -0.161. The number of benzene rings is 1. The van der Waals surface area contributed by atoms with Crippen molar-refractivity contribution in [3.05, 3.63) is 52.6 Å². The number of halogens is 1. The number of carbonyl (C=O) groups is 1. The van der Waals surface area contributed by atoms with Crippen LogP contribution in [0.5, 0.6) is 0 Å². The SMILES string of the molecule is CN1C(=O)c2cccnc2SC1Nc1ccc(Br)cc1. The fraction of sp³-hybridized carbons (Fsp3) is 0.143. The zero-order valence-corrected chi connectivity index (χ0v) is 13.1. The molecule has 0 fully saturated rings. The summed E-state index contributed by atoms with van der Waals surface area (Å²) in [5.74, 6) is -0.0125. The number of anilines is 1. The quantitative estimate of drug-likeness (QED) is 0.902. The minimum Gasteiger partial charge on any atom is -0.356 e. The highest BCUT2D eigenvalue weighted by atomic mass is 79.9. The van der Waals surface area contributed by atoms with E-state index >= 15 is 0 Å². The van der Waals surface area contributed by atoms with Crippen LogP contribution in [-0.2, 0) is 0 Å². The molecule has 1 N–H and O–H groups in total. The third-order valence-electron chi connectivity index (χ3n) is 3.03. The fourth-order valence-corrected chi connectivity index (χ4v) is 3.27. The first-order valence-electron chi connectivity index (χ1n) is 6.06. The average molecular weight is 350 g/mol. The Morgan fingerprint density at radius 1 is 1.30 bits per heavy atom. The molecule has 1 aliphatic rings. The topological polar surface area (TPSA) is 45.2 Å². The minimum absolute atomic E-state index is 0.0125. The maximum absolute atomic E-state index is 12.3. The van der Waals surface area contributed by atoms with Crippen LogP contribution < -0.4 is 5.32 Å². The third-order valence-corrected chi connectivity index (χ3v) is 4.77. The van der Waals surface area contributed by atoms with Crippen molar-refractivity contribution in [2.45, 2.75) is 10.5 Å². The maximum Gasteiger partial charge on any atom is 0.258 e. The monoisotopic (exact) mass is 349 g/mol. The average Bonchev–Trinajstić information content (AvgIpc) is 2.47. The highest BCUT2D eigenvalue weighted by Gasteiger charge is 2.31. The van der Waals surface area contributed by atoms with E-state index in [0.29, 0.717) is 5.56 Å². The molecular formula is C14H12BrN3OS. The molecular weight excluding hydrogens is 338 g/mol. The van der Waals surface area contributed by atoms with E-state index in [1.165, 1.54) is 11.8 Å². The van der Waals surface area contributed by atoms with E-state index in [-0.39, 0.29) is 11.4 Å². The largest absolute Gasteiger partial charge is 0.356 e. The summed E-state index contributed by atoms with van der Waals surface area (Å²) in [6, 6.07) is 11.5. The number of nitrogens with zero attached hydrogens (tertiary/aromatic N) is 2. The van der Waals surface area contributed by atoms with Gasteiger partial charge in [0.05, 0.1) is 5.56 Å². The third kappa shape index (κ3) is 2.53. The van der Waals surface area contributed by atoms with Crippen molar-refractivity contribution in [3.8, 4) is 0 Å². The Morgan fingerprint density at radius 2 is 2.05 bits per heavy atom. The summed E-state index contributed by atoms with van der Waals surface area (Å²) in [5, 5.41) is 4.11. The van der Waals surface area contributed by atoms with Crippen molar-refractivity contribution in [1.82, 2.24) is 9.88 Å². The van der Waals surface area contributed by atoms with E-state index in [4.69, 9.17) is 0 Å². The Bertz CT molecular complexity index is 647. The first kappa shape index (κ1) is 13.5. The van der Waals surface area contributed by atoms with Gasteiger partial charge >= 0.3 is 0 Å². The van der Waals surface area contributed by atoms with Crippen LogP contribution in [0.25, 0.3) is 0 Å². The van der Waals surface area contributed by atoms with Crippen molar-refractivity contribution in [2.24, 2.45) is 0 Å². The molecule has 0 spiro atoms. The molecule has 0 aliphatic carbocycles. The molecule has 1 unspecified atom stereocenters. The molecule has 1 amide bonds. The molecule has 6 heteroatoms. The zero-order valence-electron chi connectivity index (χ0n) is 10.7. The number of hydrogen-bond acceptors (Lipinski definition) is 4. The summed E-state index contributed by atoms with van der Waals surface area (Å²) in [5.41, 5.74) is 1.46. The second-order valence-electron chi connectivity index (χ2n) is 4.39. The lowest BCUT2D eigenvalue weighted by atomic mass is 10.2. The highest BCUT2D eigenvalue weighted by molar-refractivity contribution is 9.10. The Morgan fingerprint density at radius 3 is 2.80 bits per heavy atom. The molecule has 20 heavy (non-hydrogen) atoms. The van der Waals surface area contributed by atoms with Gasteiger partial charge in [-0.05, 0) is 36.4 Å². The second kappa shape index (κ2) is 5.46. The molecule has 1 aromatic carbocycles. The van der Waals surface area contributed by atoms with Gasteiger partial charge in [-0.3, -0.25) is 4.79 Å². The Hall–Kier alpha value is -1.53. The van der Waals surface area contributed by atoms with Gasteiger partial charge in [-0.25, -0.2) is 4.98 Å². The van der Waals surface area contributed by atoms with Crippen LogP contribution in [0.15, 0.2) is 52.1 Å². The predicted molar refractivity (Wildman–Crippen MR) is 83.7 cm³/mol. The van der Waals surface area contributed by atoms with Crippen molar-refractivity contribution in [2.75, 3.05) is 12.4 Å². The molecule has 0 saturated carbocycles. The molecule has 0 bridgehead atoms. The normalized spacial score (nSPS) is 17.8. The van der Waals surface area contributed by atoms with Crippen LogP contribution in [0.2, 0.25) is 0 Å². The van der Waals surface area contributed by atoms with Crippen molar-refractivity contribution < 1.29 is 4.79 Å². The van der Waals surface area contributed by atoms with E-state index in [1.54, 1.807) is 24.2 Å². The van der Waals surface area contributed by atoms with Gasteiger partial charge in [-0.15, -0.1) is 0 Å². The number of thioether (sulfide) groups is 1. The van der Waals surface area contributed by atoms with Gasteiger partial charge in [0.25, 0.3) is 5.91 Å². The Labute approximate surface area is 129 Å². The number of nitrogens with one attached hydrogen (secondary N) is 1. The number of aromatic nitrogens is 1. The Balaban J connectivity index is 1.85. The van der Waals surface area contributed by atoms with E-state index in [1.807, 2.05) is 30.3 Å². The summed E-state index contributed by atoms with van der Waals surface area (Å²) in [4.78, 5) is 18.3. The number of hydrogen-bond donors (Lipinski definition) is 1. The van der Waals surface area contributed by atoms with Crippen LogP contribution in [-0.4, -0.2) is 28.3 Å². The molecule has 1 atom stereocenters. The molecule has 0 saturated heterocycles. The summed E-state index contributed by atoms with van der Waals surface area (Å²) in [7, 11) is 1.79. The fourth-order valence-electron chi connectivity index (χ4n) is 1.94.